The second-order valence-corrected chi connectivity index (χ2v) is 6.60. The predicted molar refractivity (Wildman–Crippen MR) is 72.8 cm³/mol. The van der Waals surface area contributed by atoms with Gasteiger partial charge >= 0.3 is 0 Å². The molecular weight excluding hydrogens is 226 g/mol. The van der Waals surface area contributed by atoms with E-state index in [1.807, 2.05) is 19.9 Å². The van der Waals surface area contributed by atoms with E-state index < -0.39 is 0 Å². The molecule has 0 aromatic carbocycles. The molecule has 1 heterocycles. The molecule has 3 nitrogen and oxygen atoms in total. The highest BCUT2D eigenvalue weighted by atomic mass is 16.3. The molecule has 0 aliphatic rings. The predicted octanol–water partition coefficient (Wildman–Crippen LogP) is 2.97. The van der Waals surface area contributed by atoms with Crippen LogP contribution in [0.25, 0.3) is 0 Å². The quantitative estimate of drug-likeness (QED) is 0.835. The number of aliphatic hydroxyl groups excluding tert-OH is 1. The normalized spacial score (nSPS) is 12.6. The molecule has 0 saturated carbocycles. The highest BCUT2D eigenvalue weighted by Gasteiger charge is 2.23. The molecular formula is C15H23NO2. The van der Waals surface area contributed by atoms with E-state index in [0.29, 0.717) is 12.0 Å². The Hall–Kier alpha value is -1.22. The van der Waals surface area contributed by atoms with Gasteiger partial charge in [0.15, 0.2) is 5.78 Å². The Morgan fingerprint density at radius 3 is 2.39 bits per heavy atom. The summed E-state index contributed by atoms with van der Waals surface area (Å²) in [5, 5.41) is 9.21. The fourth-order valence-corrected chi connectivity index (χ4v) is 1.61. The standard InChI is InChI=1S/C15H23NO2/c1-14(2,3)13-8-11(6-7-16-13)12(18)9-15(4,5)10-17/h6-8,17H,9-10H2,1-5H3. The molecule has 1 aromatic heterocycles. The number of carbonyl (C=O) groups is 1. The van der Waals surface area contributed by atoms with Crippen LogP contribution in [-0.4, -0.2) is 22.5 Å². The van der Waals surface area contributed by atoms with Crippen LogP contribution in [0.2, 0.25) is 0 Å². The maximum absolute atomic E-state index is 12.2. The van der Waals surface area contributed by atoms with Gasteiger partial charge in [-0.2, -0.15) is 0 Å². The molecule has 0 spiro atoms. The first kappa shape index (κ1) is 14.8. The van der Waals surface area contributed by atoms with E-state index in [-0.39, 0.29) is 23.2 Å². The second-order valence-electron chi connectivity index (χ2n) is 6.60. The zero-order chi connectivity index (χ0) is 14.0. The van der Waals surface area contributed by atoms with E-state index >= 15 is 0 Å². The molecule has 1 aromatic rings. The van der Waals surface area contributed by atoms with Crippen LogP contribution in [0.1, 0.15) is 57.1 Å². The van der Waals surface area contributed by atoms with Gasteiger partial charge < -0.3 is 5.11 Å². The van der Waals surface area contributed by atoms with Crippen LogP contribution in [-0.2, 0) is 5.41 Å². The van der Waals surface area contributed by atoms with Crippen molar-refractivity contribution in [2.24, 2.45) is 5.41 Å². The average Bonchev–Trinajstić information content (AvgIpc) is 2.27. The van der Waals surface area contributed by atoms with E-state index in [4.69, 9.17) is 0 Å². The maximum atomic E-state index is 12.2. The van der Waals surface area contributed by atoms with Gasteiger partial charge in [0.05, 0.1) is 0 Å². The Balaban J connectivity index is 2.94. The summed E-state index contributed by atoms with van der Waals surface area (Å²) in [4.78, 5) is 16.5. The van der Waals surface area contributed by atoms with Gasteiger partial charge in [-0.3, -0.25) is 9.78 Å². The van der Waals surface area contributed by atoms with Gasteiger partial charge in [-0.05, 0) is 17.5 Å². The molecule has 1 rings (SSSR count). The third-order valence-corrected chi connectivity index (χ3v) is 2.92. The summed E-state index contributed by atoms with van der Waals surface area (Å²) in [6, 6.07) is 3.60. The van der Waals surface area contributed by atoms with Crippen molar-refractivity contribution in [3.63, 3.8) is 0 Å². The maximum Gasteiger partial charge on any atom is 0.163 e. The zero-order valence-electron chi connectivity index (χ0n) is 11.9. The van der Waals surface area contributed by atoms with Crippen molar-refractivity contribution in [2.45, 2.75) is 46.5 Å². The number of aliphatic hydroxyl groups is 1. The lowest BCUT2D eigenvalue weighted by atomic mass is 9.85. The lowest BCUT2D eigenvalue weighted by Gasteiger charge is -2.21. The Morgan fingerprint density at radius 1 is 1.28 bits per heavy atom. The van der Waals surface area contributed by atoms with Crippen molar-refractivity contribution in [3.05, 3.63) is 29.6 Å². The highest BCUT2D eigenvalue weighted by Crippen LogP contribution is 2.24. The smallest absolute Gasteiger partial charge is 0.163 e. The fourth-order valence-electron chi connectivity index (χ4n) is 1.61. The summed E-state index contributed by atoms with van der Waals surface area (Å²) in [5.74, 6) is 0.0574. The van der Waals surface area contributed by atoms with Crippen molar-refractivity contribution in [1.82, 2.24) is 4.98 Å². The number of hydrogen-bond acceptors (Lipinski definition) is 3. The first-order valence-corrected chi connectivity index (χ1v) is 6.26. The summed E-state index contributed by atoms with van der Waals surface area (Å²) in [7, 11) is 0. The van der Waals surface area contributed by atoms with Gasteiger partial charge in [-0.25, -0.2) is 0 Å². The van der Waals surface area contributed by atoms with Crippen LogP contribution in [0.4, 0.5) is 0 Å². The minimum Gasteiger partial charge on any atom is -0.396 e. The number of aromatic nitrogens is 1. The largest absolute Gasteiger partial charge is 0.396 e. The lowest BCUT2D eigenvalue weighted by molar-refractivity contribution is 0.0858. The Bertz CT molecular complexity index is 430. The van der Waals surface area contributed by atoms with Crippen LogP contribution in [0.15, 0.2) is 18.3 Å². The monoisotopic (exact) mass is 249 g/mol. The number of hydrogen-bond donors (Lipinski definition) is 1. The lowest BCUT2D eigenvalue weighted by Crippen LogP contribution is -2.22. The first-order chi connectivity index (χ1) is 8.15. The highest BCUT2D eigenvalue weighted by molar-refractivity contribution is 5.96. The number of ketones is 1. The third-order valence-electron chi connectivity index (χ3n) is 2.92. The summed E-state index contributed by atoms with van der Waals surface area (Å²) < 4.78 is 0. The third kappa shape index (κ3) is 3.91. The average molecular weight is 249 g/mol. The minimum absolute atomic E-state index is 0.00987. The summed E-state index contributed by atoms with van der Waals surface area (Å²) in [6.07, 6.45) is 2.02. The van der Waals surface area contributed by atoms with Gasteiger partial charge in [0.2, 0.25) is 0 Å². The Morgan fingerprint density at radius 2 is 1.89 bits per heavy atom. The van der Waals surface area contributed by atoms with Crippen LogP contribution in [0.5, 0.6) is 0 Å². The molecule has 18 heavy (non-hydrogen) atoms. The molecule has 0 amide bonds. The number of Topliss-reactive ketones (excluding diaryl/α,β-unsaturated/α-hetero) is 1. The molecule has 0 atom stereocenters. The molecule has 0 unspecified atom stereocenters. The van der Waals surface area contributed by atoms with E-state index in [1.165, 1.54) is 0 Å². The first-order valence-electron chi connectivity index (χ1n) is 6.26. The molecule has 0 fully saturated rings. The van der Waals surface area contributed by atoms with Gasteiger partial charge in [-0.1, -0.05) is 34.6 Å². The van der Waals surface area contributed by atoms with E-state index in [9.17, 15) is 9.90 Å². The van der Waals surface area contributed by atoms with Gasteiger partial charge in [-0.15, -0.1) is 0 Å². The van der Waals surface area contributed by atoms with Gasteiger partial charge in [0.1, 0.15) is 0 Å². The summed E-state index contributed by atoms with van der Waals surface area (Å²) >= 11 is 0. The molecule has 3 heteroatoms. The molecule has 0 radical (unpaired) electrons. The van der Waals surface area contributed by atoms with Gasteiger partial charge in [0, 0.05) is 35.9 Å². The molecule has 0 aliphatic carbocycles. The number of pyridine rings is 1. The van der Waals surface area contributed by atoms with Crippen LogP contribution < -0.4 is 0 Å². The molecule has 100 valence electrons. The number of nitrogens with zero attached hydrogens (tertiary/aromatic N) is 1. The molecule has 0 aliphatic heterocycles. The topological polar surface area (TPSA) is 50.2 Å². The number of carbonyl (C=O) groups excluding carboxylic acids is 1. The molecule has 1 N–H and O–H groups in total. The van der Waals surface area contributed by atoms with Crippen LogP contribution in [0.3, 0.4) is 0 Å². The van der Waals surface area contributed by atoms with Crippen molar-refractivity contribution in [2.75, 3.05) is 6.61 Å². The second kappa shape index (κ2) is 5.19. The van der Waals surface area contributed by atoms with Gasteiger partial charge in [0.25, 0.3) is 0 Å². The minimum atomic E-state index is -0.373. The zero-order valence-corrected chi connectivity index (χ0v) is 11.9. The molecule has 0 saturated heterocycles. The number of rotatable bonds is 4. The van der Waals surface area contributed by atoms with E-state index in [1.54, 1.807) is 12.3 Å². The van der Waals surface area contributed by atoms with Crippen molar-refractivity contribution in [3.8, 4) is 0 Å². The van der Waals surface area contributed by atoms with Crippen molar-refractivity contribution >= 4 is 5.78 Å². The van der Waals surface area contributed by atoms with Crippen LogP contribution >= 0.6 is 0 Å². The summed E-state index contributed by atoms with van der Waals surface area (Å²) in [6.45, 7) is 9.99. The van der Waals surface area contributed by atoms with Crippen molar-refractivity contribution in [1.29, 1.82) is 0 Å². The van der Waals surface area contributed by atoms with Crippen molar-refractivity contribution < 1.29 is 9.90 Å². The molecule has 0 bridgehead atoms. The van der Waals surface area contributed by atoms with E-state index in [2.05, 4.69) is 25.8 Å². The Labute approximate surface area is 109 Å². The SMILES string of the molecule is CC(C)(CO)CC(=O)c1ccnc(C(C)(C)C)c1. The summed E-state index contributed by atoms with van der Waals surface area (Å²) in [5.41, 5.74) is 1.15. The van der Waals surface area contributed by atoms with Crippen LogP contribution in [0, 0.1) is 5.41 Å². The Kier molecular flexibility index (Phi) is 4.28. The fraction of sp³-hybridized carbons (Fsp3) is 0.600. The van der Waals surface area contributed by atoms with E-state index in [0.717, 1.165) is 5.69 Å².